The highest BCUT2D eigenvalue weighted by atomic mass is 35.5. The molecular weight excluding hydrogens is 678 g/mol. The van der Waals surface area contributed by atoms with Gasteiger partial charge in [-0.25, -0.2) is 0 Å². The smallest absolute Gasteiger partial charge is 0.257 e. The molecule has 2 atom stereocenters. The van der Waals surface area contributed by atoms with Crippen molar-refractivity contribution in [2.75, 3.05) is 19.7 Å². The summed E-state index contributed by atoms with van der Waals surface area (Å²) in [5.74, 6) is 0.528. The number of rotatable bonds is 12. The fraction of sp³-hybridized carbons (Fsp3) is 0.361. The second-order valence-electron chi connectivity index (χ2n) is 12.4. The van der Waals surface area contributed by atoms with Crippen molar-refractivity contribution < 1.29 is 23.9 Å². The van der Waals surface area contributed by atoms with E-state index in [0.29, 0.717) is 55.4 Å². The molecule has 0 radical (unpaired) electrons. The number of unbranched alkanes of at least 4 members (excludes halogenated alkanes) is 1. The molecular formula is C36H38ClN7O5S. The largest absolute Gasteiger partial charge is 0.484 e. The van der Waals surface area contributed by atoms with Crippen LogP contribution >= 0.6 is 22.9 Å². The molecule has 2 aromatic carbocycles. The van der Waals surface area contributed by atoms with E-state index in [-0.39, 0.29) is 42.6 Å². The minimum Gasteiger partial charge on any atom is -0.484 e. The highest BCUT2D eigenvalue weighted by Crippen LogP contribution is 2.39. The first-order chi connectivity index (χ1) is 24.1. The van der Waals surface area contributed by atoms with E-state index in [1.165, 1.54) is 4.88 Å². The van der Waals surface area contributed by atoms with Gasteiger partial charge in [0.25, 0.3) is 5.91 Å². The maximum Gasteiger partial charge on any atom is 0.257 e. The second kappa shape index (κ2) is 15.3. The van der Waals surface area contributed by atoms with Gasteiger partial charge in [0.15, 0.2) is 12.4 Å². The van der Waals surface area contributed by atoms with Crippen LogP contribution in [0.5, 0.6) is 5.75 Å². The zero-order valence-electron chi connectivity index (χ0n) is 28.0. The third kappa shape index (κ3) is 7.79. The summed E-state index contributed by atoms with van der Waals surface area (Å²) >= 11 is 7.86. The van der Waals surface area contributed by atoms with Gasteiger partial charge in [-0.15, -0.1) is 21.5 Å². The van der Waals surface area contributed by atoms with Gasteiger partial charge in [0, 0.05) is 40.5 Å². The Balaban J connectivity index is 0.976. The highest BCUT2D eigenvalue weighted by Gasteiger charge is 2.32. The molecule has 0 bridgehead atoms. The molecule has 14 heteroatoms. The van der Waals surface area contributed by atoms with E-state index in [2.05, 4.69) is 40.0 Å². The SMILES string of the molecule is Cc1sc2c(c1C)C(c1ccc(Cl)cc1)=NC(CC(=O)NCCCCNC(=O)COc1ccc(C3CCC(=O)NC3=O)cc1)c1nnc(C)n1-2. The predicted octanol–water partition coefficient (Wildman–Crippen LogP) is 4.80. The lowest BCUT2D eigenvalue weighted by Gasteiger charge is -2.21. The summed E-state index contributed by atoms with van der Waals surface area (Å²) in [6, 6.07) is 14.0. The molecule has 0 spiro atoms. The molecule has 0 saturated carbocycles. The molecule has 0 aliphatic carbocycles. The number of carbonyl (C=O) groups is 4. The molecule has 2 aromatic heterocycles. The van der Waals surface area contributed by atoms with Gasteiger partial charge in [-0.2, -0.15) is 0 Å². The lowest BCUT2D eigenvalue weighted by atomic mass is 9.90. The minimum atomic E-state index is -0.547. The highest BCUT2D eigenvalue weighted by molar-refractivity contribution is 7.15. The number of carbonyl (C=O) groups excluding carboxylic acids is 4. The molecule has 4 aromatic rings. The summed E-state index contributed by atoms with van der Waals surface area (Å²) < 4.78 is 7.61. The number of benzene rings is 2. The quantitative estimate of drug-likeness (QED) is 0.141. The molecule has 1 saturated heterocycles. The number of aryl methyl sites for hydroxylation is 2. The maximum atomic E-state index is 13.2. The average Bonchev–Trinajstić information content (AvgIpc) is 3.57. The molecule has 50 heavy (non-hydrogen) atoms. The number of hydrogen-bond donors (Lipinski definition) is 3. The number of aliphatic imine (C=N–C) groups is 1. The maximum absolute atomic E-state index is 13.2. The van der Waals surface area contributed by atoms with E-state index in [9.17, 15) is 19.2 Å². The van der Waals surface area contributed by atoms with Gasteiger partial charge in [0.1, 0.15) is 22.6 Å². The molecule has 2 aliphatic rings. The summed E-state index contributed by atoms with van der Waals surface area (Å²) in [4.78, 5) is 55.3. The Morgan fingerprint density at radius 2 is 1.68 bits per heavy atom. The number of piperidine rings is 1. The summed E-state index contributed by atoms with van der Waals surface area (Å²) in [6.45, 7) is 6.82. The first-order valence-electron chi connectivity index (χ1n) is 16.5. The summed E-state index contributed by atoms with van der Waals surface area (Å²) in [5, 5.41) is 18.6. The van der Waals surface area contributed by atoms with Crippen molar-refractivity contribution >= 4 is 52.3 Å². The van der Waals surface area contributed by atoms with Crippen LogP contribution in [0.25, 0.3) is 5.00 Å². The van der Waals surface area contributed by atoms with E-state index >= 15 is 0 Å². The third-order valence-electron chi connectivity index (χ3n) is 8.88. The van der Waals surface area contributed by atoms with Crippen LogP contribution in [0.3, 0.4) is 0 Å². The van der Waals surface area contributed by atoms with Gasteiger partial charge < -0.3 is 15.4 Å². The first-order valence-corrected chi connectivity index (χ1v) is 17.7. The van der Waals surface area contributed by atoms with Gasteiger partial charge in [0.05, 0.1) is 18.1 Å². The average molecular weight is 716 g/mol. The van der Waals surface area contributed by atoms with Crippen molar-refractivity contribution in [3.8, 4) is 10.8 Å². The molecule has 3 N–H and O–H groups in total. The zero-order valence-corrected chi connectivity index (χ0v) is 29.6. The van der Waals surface area contributed by atoms with Gasteiger partial charge in [-0.1, -0.05) is 35.9 Å². The fourth-order valence-corrected chi connectivity index (χ4v) is 7.43. The van der Waals surface area contributed by atoms with Crippen molar-refractivity contribution in [1.82, 2.24) is 30.7 Å². The first kappa shape index (κ1) is 35.0. The fourth-order valence-electron chi connectivity index (χ4n) is 6.09. The van der Waals surface area contributed by atoms with Crippen LogP contribution in [-0.2, 0) is 19.2 Å². The van der Waals surface area contributed by atoms with Crippen LogP contribution in [0, 0.1) is 20.8 Å². The molecule has 4 heterocycles. The lowest BCUT2D eigenvalue weighted by Crippen LogP contribution is -2.39. The Hall–Kier alpha value is -4.88. The zero-order chi connectivity index (χ0) is 35.4. The summed E-state index contributed by atoms with van der Waals surface area (Å²) in [5.41, 5.74) is 4.64. The van der Waals surface area contributed by atoms with E-state index in [4.69, 9.17) is 21.3 Å². The Morgan fingerprint density at radius 3 is 2.38 bits per heavy atom. The minimum absolute atomic E-state index is 0.102. The molecule has 2 unspecified atom stereocenters. The molecule has 4 amide bonds. The lowest BCUT2D eigenvalue weighted by molar-refractivity contribution is -0.134. The van der Waals surface area contributed by atoms with Crippen LogP contribution < -0.4 is 20.7 Å². The second-order valence-corrected chi connectivity index (χ2v) is 14.0. The number of nitrogens with zero attached hydrogens (tertiary/aromatic N) is 4. The van der Waals surface area contributed by atoms with Crippen molar-refractivity contribution in [3.05, 3.63) is 92.3 Å². The Kier molecular flexibility index (Phi) is 10.7. The van der Waals surface area contributed by atoms with E-state index in [0.717, 1.165) is 38.8 Å². The number of aromatic nitrogens is 3. The third-order valence-corrected chi connectivity index (χ3v) is 10.3. The van der Waals surface area contributed by atoms with E-state index in [1.807, 2.05) is 35.8 Å². The van der Waals surface area contributed by atoms with Crippen LogP contribution in [-0.4, -0.2) is 63.8 Å². The van der Waals surface area contributed by atoms with Gasteiger partial charge in [-0.3, -0.25) is 34.1 Å². The molecule has 12 nitrogen and oxygen atoms in total. The Morgan fingerprint density at radius 1 is 0.980 bits per heavy atom. The van der Waals surface area contributed by atoms with Crippen LogP contribution in [0.1, 0.15) is 82.8 Å². The van der Waals surface area contributed by atoms with Crippen molar-refractivity contribution in [1.29, 1.82) is 0 Å². The van der Waals surface area contributed by atoms with Crippen molar-refractivity contribution in [3.63, 3.8) is 0 Å². The van der Waals surface area contributed by atoms with Crippen LogP contribution in [0.2, 0.25) is 5.02 Å². The monoisotopic (exact) mass is 715 g/mol. The number of halogens is 1. The number of nitrogens with one attached hydrogen (secondary N) is 3. The Labute approximate surface area is 298 Å². The van der Waals surface area contributed by atoms with Gasteiger partial charge in [-0.05, 0) is 75.4 Å². The topological polar surface area (TPSA) is 157 Å². The number of imide groups is 1. The number of fused-ring (bicyclic) bond motifs is 3. The number of hydrogen-bond acceptors (Lipinski definition) is 9. The van der Waals surface area contributed by atoms with Gasteiger partial charge >= 0.3 is 0 Å². The standard InChI is InChI=1S/C36H38ClN7O5S/c1-20-21(2)50-36-32(20)33(24-6-10-25(37)11-7-24)40-28(34-43-42-22(3)44(34)36)18-30(46)38-16-4-5-17-39-31(47)19-49-26-12-8-23(9-13-26)27-14-15-29(45)41-35(27)48/h6-13,27-28H,4-5,14-19H2,1-3H3,(H,38,46)(H,39,47)(H,41,45,48). The van der Waals surface area contributed by atoms with Crippen LogP contribution in [0.4, 0.5) is 0 Å². The Bertz CT molecular complexity index is 1950. The van der Waals surface area contributed by atoms with Crippen LogP contribution in [0.15, 0.2) is 53.5 Å². The molecule has 2 aliphatic heterocycles. The van der Waals surface area contributed by atoms with Crippen molar-refractivity contribution in [2.24, 2.45) is 4.99 Å². The van der Waals surface area contributed by atoms with Crippen molar-refractivity contribution in [2.45, 2.75) is 64.8 Å². The normalized spacial score (nSPS) is 16.8. The van der Waals surface area contributed by atoms with E-state index in [1.54, 1.807) is 35.6 Å². The summed E-state index contributed by atoms with van der Waals surface area (Å²) in [7, 11) is 0. The molecule has 1 fully saturated rings. The number of thiophene rings is 1. The molecule has 260 valence electrons. The number of amides is 4. The van der Waals surface area contributed by atoms with E-state index < -0.39 is 6.04 Å². The number of ether oxygens (including phenoxy) is 1. The van der Waals surface area contributed by atoms with Gasteiger partial charge in [0.2, 0.25) is 17.7 Å². The molecule has 6 rings (SSSR count). The predicted molar refractivity (Wildman–Crippen MR) is 190 cm³/mol. The summed E-state index contributed by atoms with van der Waals surface area (Å²) in [6.07, 6.45) is 2.22.